The molecule has 2 rings (SSSR count). The number of hydrogen-bond acceptors (Lipinski definition) is 2. The van der Waals surface area contributed by atoms with Gasteiger partial charge in [0.15, 0.2) is 0 Å². The van der Waals surface area contributed by atoms with Crippen molar-refractivity contribution in [2.24, 2.45) is 5.92 Å². The molecule has 98 valence electrons. The minimum atomic E-state index is -0.717. The van der Waals surface area contributed by atoms with Gasteiger partial charge in [-0.25, -0.2) is 0 Å². The van der Waals surface area contributed by atoms with Crippen LogP contribution in [0.25, 0.3) is 0 Å². The molecule has 1 fully saturated rings. The first-order chi connectivity index (χ1) is 8.33. The molecular weight excluding hydrogens is 250 g/mol. The number of carboxylic acid groups (broad SMARTS) is 1. The summed E-state index contributed by atoms with van der Waals surface area (Å²) in [5.41, 5.74) is 1.90. The van der Waals surface area contributed by atoms with E-state index in [0.717, 1.165) is 16.3 Å². The summed E-state index contributed by atoms with van der Waals surface area (Å²) in [5.74, 6) is -1.02. The molecule has 1 heterocycles. The summed E-state index contributed by atoms with van der Waals surface area (Å²) in [6.45, 7) is 6.68. The van der Waals surface area contributed by atoms with Crippen LogP contribution in [0, 0.1) is 12.8 Å². The van der Waals surface area contributed by atoms with E-state index in [1.165, 1.54) is 0 Å². The minimum absolute atomic E-state index is 0.154. The predicted molar refractivity (Wildman–Crippen MR) is 73.4 cm³/mol. The van der Waals surface area contributed by atoms with Crippen LogP contribution >= 0.6 is 11.6 Å². The number of carboxylic acids is 1. The summed E-state index contributed by atoms with van der Waals surface area (Å²) in [4.78, 5) is 13.3. The molecule has 0 aliphatic carbocycles. The fourth-order valence-electron chi connectivity index (χ4n) is 2.72. The van der Waals surface area contributed by atoms with Crippen LogP contribution < -0.4 is 4.90 Å². The zero-order chi connectivity index (χ0) is 13.5. The molecule has 3 nitrogen and oxygen atoms in total. The highest BCUT2D eigenvalue weighted by atomic mass is 35.5. The van der Waals surface area contributed by atoms with Gasteiger partial charge in [0, 0.05) is 22.8 Å². The Kier molecular flexibility index (Phi) is 3.28. The van der Waals surface area contributed by atoms with Crippen LogP contribution in [0.2, 0.25) is 5.02 Å². The number of carbonyl (C=O) groups is 1. The molecule has 0 radical (unpaired) electrons. The Bertz CT molecular complexity index is 485. The lowest BCUT2D eigenvalue weighted by Crippen LogP contribution is -2.38. The van der Waals surface area contributed by atoms with Crippen molar-refractivity contribution < 1.29 is 9.90 Å². The number of halogens is 1. The van der Waals surface area contributed by atoms with E-state index in [-0.39, 0.29) is 11.5 Å². The first-order valence-electron chi connectivity index (χ1n) is 6.08. The molecule has 1 aliphatic heterocycles. The summed E-state index contributed by atoms with van der Waals surface area (Å²) < 4.78 is 0. The maximum Gasteiger partial charge on any atom is 0.308 e. The Morgan fingerprint density at radius 1 is 1.50 bits per heavy atom. The number of rotatable bonds is 2. The van der Waals surface area contributed by atoms with Crippen molar-refractivity contribution in [2.75, 3.05) is 11.4 Å². The Morgan fingerprint density at radius 3 is 2.72 bits per heavy atom. The van der Waals surface area contributed by atoms with Crippen LogP contribution in [0.4, 0.5) is 5.69 Å². The predicted octanol–water partition coefficient (Wildman–Crippen LogP) is 3.34. The normalized spacial score (nSPS) is 22.2. The molecule has 1 atom stereocenters. The lowest BCUT2D eigenvalue weighted by molar-refractivity contribution is -0.141. The molecule has 0 bridgehead atoms. The van der Waals surface area contributed by atoms with Crippen LogP contribution in [0.1, 0.15) is 25.8 Å². The third-order valence-electron chi connectivity index (χ3n) is 3.76. The van der Waals surface area contributed by atoms with Crippen molar-refractivity contribution in [3.8, 4) is 0 Å². The van der Waals surface area contributed by atoms with Crippen LogP contribution in [0.15, 0.2) is 18.2 Å². The molecule has 0 spiro atoms. The average molecular weight is 268 g/mol. The van der Waals surface area contributed by atoms with E-state index in [1.807, 2.05) is 25.1 Å². The zero-order valence-corrected chi connectivity index (χ0v) is 11.7. The molecule has 1 aromatic carbocycles. The Balaban J connectivity index is 2.38. The second kappa shape index (κ2) is 4.47. The second-order valence-corrected chi connectivity index (χ2v) is 5.95. The third-order valence-corrected chi connectivity index (χ3v) is 4.17. The summed E-state index contributed by atoms with van der Waals surface area (Å²) in [6, 6.07) is 5.78. The van der Waals surface area contributed by atoms with Crippen molar-refractivity contribution in [3.63, 3.8) is 0 Å². The quantitative estimate of drug-likeness (QED) is 0.893. The summed E-state index contributed by atoms with van der Waals surface area (Å²) >= 11 is 6.14. The Morgan fingerprint density at radius 2 is 2.17 bits per heavy atom. The molecule has 0 amide bonds. The maximum absolute atomic E-state index is 11.2. The van der Waals surface area contributed by atoms with Crippen LogP contribution in [0.5, 0.6) is 0 Å². The highest BCUT2D eigenvalue weighted by Gasteiger charge is 2.42. The second-order valence-electron chi connectivity index (χ2n) is 5.55. The number of benzene rings is 1. The molecule has 1 aliphatic rings. The van der Waals surface area contributed by atoms with Gasteiger partial charge in [-0.1, -0.05) is 17.7 Å². The van der Waals surface area contributed by atoms with Crippen molar-refractivity contribution in [3.05, 3.63) is 28.8 Å². The molecule has 0 aromatic heterocycles. The Labute approximate surface area is 112 Å². The van der Waals surface area contributed by atoms with Crippen LogP contribution in [-0.4, -0.2) is 23.2 Å². The number of hydrogen-bond donors (Lipinski definition) is 1. The SMILES string of the molecule is Cc1c(Cl)cccc1N1CC(C(=O)O)CC1(C)C. The van der Waals surface area contributed by atoms with Gasteiger partial charge in [0.2, 0.25) is 0 Å². The van der Waals surface area contributed by atoms with Gasteiger partial charge in [0.1, 0.15) is 0 Å². The van der Waals surface area contributed by atoms with Gasteiger partial charge in [-0.15, -0.1) is 0 Å². The standard InChI is InChI=1S/C14H18ClNO2/c1-9-11(15)5-4-6-12(9)16-8-10(13(17)18)7-14(16,2)3/h4-6,10H,7-8H2,1-3H3,(H,17,18). The highest BCUT2D eigenvalue weighted by Crippen LogP contribution is 2.39. The fourth-order valence-corrected chi connectivity index (χ4v) is 2.89. The number of nitrogens with zero attached hydrogens (tertiary/aromatic N) is 1. The van der Waals surface area contributed by atoms with E-state index in [4.69, 9.17) is 11.6 Å². The lowest BCUT2D eigenvalue weighted by Gasteiger charge is -2.34. The van der Waals surface area contributed by atoms with Crippen molar-refractivity contribution in [2.45, 2.75) is 32.7 Å². The van der Waals surface area contributed by atoms with Gasteiger partial charge in [0.05, 0.1) is 5.92 Å². The molecule has 1 aromatic rings. The fraction of sp³-hybridized carbons (Fsp3) is 0.500. The van der Waals surface area contributed by atoms with Crippen LogP contribution in [-0.2, 0) is 4.79 Å². The van der Waals surface area contributed by atoms with Gasteiger partial charge in [0.25, 0.3) is 0 Å². The molecule has 18 heavy (non-hydrogen) atoms. The molecule has 1 unspecified atom stereocenters. The maximum atomic E-state index is 11.2. The van der Waals surface area contributed by atoms with E-state index >= 15 is 0 Å². The molecule has 0 saturated carbocycles. The summed E-state index contributed by atoms with van der Waals surface area (Å²) in [5, 5.41) is 9.91. The van der Waals surface area contributed by atoms with Gasteiger partial charge >= 0.3 is 5.97 Å². The molecule has 1 saturated heterocycles. The minimum Gasteiger partial charge on any atom is -0.481 e. The smallest absolute Gasteiger partial charge is 0.308 e. The van der Waals surface area contributed by atoms with Gasteiger partial charge in [-0.05, 0) is 44.9 Å². The van der Waals surface area contributed by atoms with Gasteiger partial charge in [-0.2, -0.15) is 0 Å². The lowest BCUT2D eigenvalue weighted by atomic mass is 9.96. The van der Waals surface area contributed by atoms with Crippen LogP contribution in [0.3, 0.4) is 0 Å². The number of aliphatic carboxylic acids is 1. The van der Waals surface area contributed by atoms with E-state index in [1.54, 1.807) is 0 Å². The van der Waals surface area contributed by atoms with Gasteiger partial charge < -0.3 is 10.0 Å². The summed E-state index contributed by atoms with van der Waals surface area (Å²) in [6.07, 6.45) is 0.661. The zero-order valence-electron chi connectivity index (χ0n) is 10.9. The topological polar surface area (TPSA) is 40.5 Å². The van der Waals surface area contributed by atoms with E-state index in [9.17, 15) is 9.90 Å². The van der Waals surface area contributed by atoms with Crippen molar-refractivity contribution in [1.29, 1.82) is 0 Å². The third kappa shape index (κ3) is 2.19. The van der Waals surface area contributed by atoms with E-state index < -0.39 is 5.97 Å². The largest absolute Gasteiger partial charge is 0.481 e. The first-order valence-corrected chi connectivity index (χ1v) is 6.46. The molecule has 4 heteroatoms. The monoisotopic (exact) mass is 267 g/mol. The van der Waals surface area contributed by atoms with Crippen molar-refractivity contribution >= 4 is 23.3 Å². The Hall–Kier alpha value is -1.22. The van der Waals surface area contributed by atoms with E-state index in [2.05, 4.69) is 18.7 Å². The van der Waals surface area contributed by atoms with E-state index in [0.29, 0.717) is 13.0 Å². The number of anilines is 1. The van der Waals surface area contributed by atoms with Crippen molar-refractivity contribution in [1.82, 2.24) is 0 Å². The molecule has 1 N–H and O–H groups in total. The summed E-state index contributed by atoms with van der Waals surface area (Å²) in [7, 11) is 0. The highest BCUT2D eigenvalue weighted by molar-refractivity contribution is 6.31. The van der Waals surface area contributed by atoms with Gasteiger partial charge in [-0.3, -0.25) is 4.79 Å². The first kappa shape index (κ1) is 13.2. The molecular formula is C14H18ClNO2. The average Bonchev–Trinajstić information content (AvgIpc) is 2.59.